The van der Waals surface area contributed by atoms with E-state index in [1.807, 2.05) is 0 Å². The van der Waals surface area contributed by atoms with Gasteiger partial charge in [0.2, 0.25) is 0 Å². The summed E-state index contributed by atoms with van der Waals surface area (Å²) in [6, 6.07) is 9.39. The van der Waals surface area contributed by atoms with Crippen LogP contribution in [0.15, 0.2) is 47.3 Å². The number of fused-ring (bicyclic) bond motifs is 1. The Bertz CT molecular complexity index is 1120. The molecule has 152 valence electrons. The highest BCUT2D eigenvalue weighted by atomic mass is 19.1. The van der Waals surface area contributed by atoms with Crippen molar-refractivity contribution in [1.29, 1.82) is 0 Å². The van der Waals surface area contributed by atoms with Gasteiger partial charge in [0.1, 0.15) is 34.0 Å². The second-order valence-electron chi connectivity index (χ2n) is 7.57. The van der Waals surface area contributed by atoms with Crippen molar-refractivity contribution in [1.82, 2.24) is 14.9 Å². The molecule has 1 aromatic heterocycles. The van der Waals surface area contributed by atoms with Crippen LogP contribution in [0.1, 0.15) is 39.6 Å². The van der Waals surface area contributed by atoms with Crippen molar-refractivity contribution in [2.24, 2.45) is 0 Å². The zero-order valence-corrected chi connectivity index (χ0v) is 16.5. The first kappa shape index (κ1) is 20.4. The number of para-hydroxylation sites is 1. The Morgan fingerprint density at radius 1 is 1.10 bits per heavy atom. The number of alkyl carbamates (subject to hydrolysis) is 1. The first-order chi connectivity index (χ1) is 13.6. The summed E-state index contributed by atoms with van der Waals surface area (Å²) in [4.78, 5) is 29.5. The predicted octanol–water partition coefficient (Wildman–Crippen LogP) is 4.25. The quantitative estimate of drug-likeness (QED) is 0.712. The van der Waals surface area contributed by atoms with Gasteiger partial charge >= 0.3 is 6.09 Å². The van der Waals surface area contributed by atoms with Crippen LogP contribution in [0, 0.1) is 11.6 Å². The van der Waals surface area contributed by atoms with E-state index in [9.17, 15) is 18.4 Å². The summed E-state index contributed by atoms with van der Waals surface area (Å²) in [5.74, 6) is -1.66. The molecule has 8 heteroatoms. The minimum Gasteiger partial charge on any atom is -0.444 e. The third-order valence-electron chi connectivity index (χ3n) is 4.09. The van der Waals surface area contributed by atoms with E-state index in [4.69, 9.17) is 4.74 Å². The van der Waals surface area contributed by atoms with Crippen LogP contribution < -0.4 is 10.9 Å². The van der Waals surface area contributed by atoms with Crippen LogP contribution in [-0.4, -0.2) is 21.2 Å². The fourth-order valence-electron chi connectivity index (χ4n) is 2.90. The summed E-state index contributed by atoms with van der Waals surface area (Å²) in [6.07, 6.45) is -0.723. The number of ether oxygens (including phenoxy) is 1. The van der Waals surface area contributed by atoms with Crippen molar-refractivity contribution in [3.63, 3.8) is 0 Å². The first-order valence-electron chi connectivity index (χ1n) is 9.04. The Labute approximate surface area is 166 Å². The van der Waals surface area contributed by atoms with E-state index in [-0.39, 0.29) is 5.82 Å². The molecule has 0 aliphatic heterocycles. The van der Waals surface area contributed by atoms with Crippen molar-refractivity contribution >= 4 is 17.0 Å². The van der Waals surface area contributed by atoms with Crippen molar-refractivity contribution in [3.8, 4) is 5.69 Å². The Morgan fingerprint density at radius 2 is 1.72 bits per heavy atom. The summed E-state index contributed by atoms with van der Waals surface area (Å²) in [5, 5.41) is 2.13. The molecule has 0 radical (unpaired) electrons. The number of rotatable bonds is 3. The van der Waals surface area contributed by atoms with Gasteiger partial charge in [-0.3, -0.25) is 9.36 Å². The largest absolute Gasteiger partial charge is 0.444 e. The van der Waals surface area contributed by atoms with Crippen molar-refractivity contribution in [2.75, 3.05) is 0 Å². The summed E-state index contributed by atoms with van der Waals surface area (Å²) < 4.78 is 35.1. The summed E-state index contributed by atoms with van der Waals surface area (Å²) in [6.45, 7) is 6.71. The van der Waals surface area contributed by atoms with Gasteiger partial charge < -0.3 is 10.1 Å². The molecule has 1 atom stereocenters. The average molecular weight is 401 g/mol. The van der Waals surface area contributed by atoms with Crippen molar-refractivity contribution < 1.29 is 18.3 Å². The molecule has 0 bridgehead atoms. The highest BCUT2D eigenvalue weighted by Crippen LogP contribution is 2.22. The van der Waals surface area contributed by atoms with Crippen molar-refractivity contribution in [3.05, 3.63) is 70.3 Å². The van der Waals surface area contributed by atoms with Crippen LogP contribution in [0.25, 0.3) is 16.6 Å². The molecule has 29 heavy (non-hydrogen) atoms. The molecular weight excluding hydrogens is 380 g/mol. The number of nitrogens with zero attached hydrogens (tertiary/aromatic N) is 2. The number of amides is 1. The molecule has 3 rings (SSSR count). The number of carbonyl (C=O) groups is 1. The summed E-state index contributed by atoms with van der Waals surface area (Å²) >= 11 is 0. The number of hydrogen-bond acceptors (Lipinski definition) is 4. The van der Waals surface area contributed by atoms with Crippen LogP contribution in [0.5, 0.6) is 0 Å². The molecule has 0 spiro atoms. The Balaban J connectivity index is 2.21. The molecule has 0 saturated heterocycles. The van der Waals surface area contributed by atoms with E-state index in [2.05, 4.69) is 10.3 Å². The van der Waals surface area contributed by atoms with Gasteiger partial charge in [0, 0.05) is 0 Å². The maximum absolute atomic E-state index is 14.3. The summed E-state index contributed by atoms with van der Waals surface area (Å²) in [5.41, 5.74) is -1.49. The van der Waals surface area contributed by atoms with Gasteiger partial charge in [-0.1, -0.05) is 18.2 Å². The molecule has 1 N–H and O–H groups in total. The van der Waals surface area contributed by atoms with E-state index in [1.54, 1.807) is 58.0 Å². The zero-order valence-electron chi connectivity index (χ0n) is 16.5. The average Bonchev–Trinajstić information content (AvgIpc) is 2.63. The molecule has 1 unspecified atom stereocenters. The highest BCUT2D eigenvalue weighted by molar-refractivity contribution is 5.79. The minimum atomic E-state index is -0.872. The lowest BCUT2D eigenvalue weighted by Gasteiger charge is -2.23. The lowest BCUT2D eigenvalue weighted by atomic mass is 10.2. The molecular formula is C21H21F2N3O3. The van der Waals surface area contributed by atoms with Gasteiger partial charge in [0.05, 0.1) is 11.7 Å². The summed E-state index contributed by atoms with van der Waals surface area (Å²) in [7, 11) is 0. The van der Waals surface area contributed by atoms with Crippen LogP contribution in [-0.2, 0) is 4.74 Å². The maximum Gasteiger partial charge on any atom is 0.408 e. The fourth-order valence-corrected chi connectivity index (χ4v) is 2.90. The lowest BCUT2D eigenvalue weighted by molar-refractivity contribution is 0.0505. The number of halogens is 2. The Morgan fingerprint density at radius 3 is 2.34 bits per heavy atom. The second-order valence-corrected chi connectivity index (χ2v) is 7.57. The SMILES string of the molecule is CC(NC(=O)OC(C)(C)C)c1nc2c(F)ccc(F)c2c(=O)n1-c1ccccc1. The molecule has 0 fully saturated rings. The monoisotopic (exact) mass is 401 g/mol. The van der Waals surface area contributed by atoms with Gasteiger partial charge in [-0.25, -0.2) is 18.6 Å². The Kier molecular flexibility index (Phi) is 5.37. The number of carbonyl (C=O) groups excluding carboxylic acids is 1. The number of hydrogen-bond donors (Lipinski definition) is 1. The Hall–Kier alpha value is -3.29. The number of aromatic nitrogens is 2. The van der Waals surface area contributed by atoms with E-state index in [0.29, 0.717) is 5.69 Å². The zero-order chi connectivity index (χ0) is 21.3. The first-order valence-corrected chi connectivity index (χ1v) is 9.04. The molecule has 1 amide bonds. The highest BCUT2D eigenvalue weighted by Gasteiger charge is 2.24. The van der Waals surface area contributed by atoms with Crippen molar-refractivity contribution in [2.45, 2.75) is 39.3 Å². The second kappa shape index (κ2) is 7.62. The topological polar surface area (TPSA) is 73.2 Å². The van der Waals surface area contributed by atoms with Gasteiger partial charge in [-0.15, -0.1) is 0 Å². The normalized spacial score (nSPS) is 12.6. The third kappa shape index (κ3) is 4.26. The molecule has 6 nitrogen and oxygen atoms in total. The standard InChI is InChI=1S/C21H21F2N3O3/c1-12(24-20(28)29-21(2,3)4)18-25-17-15(23)11-10-14(22)16(17)19(27)26(18)13-8-6-5-7-9-13/h5-12H,1-4H3,(H,24,28). The molecule has 1 heterocycles. The smallest absolute Gasteiger partial charge is 0.408 e. The number of benzene rings is 2. The molecule has 0 aliphatic carbocycles. The minimum absolute atomic E-state index is 0.0454. The van der Waals surface area contributed by atoms with E-state index >= 15 is 0 Å². The fraction of sp³-hybridized carbons (Fsp3) is 0.286. The van der Waals surface area contributed by atoms with Crippen LogP contribution >= 0.6 is 0 Å². The van der Waals surface area contributed by atoms with E-state index < -0.39 is 45.8 Å². The third-order valence-corrected chi connectivity index (χ3v) is 4.09. The van der Waals surface area contributed by atoms with Gasteiger partial charge in [0.25, 0.3) is 5.56 Å². The van der Waals surface area contributed by atoms with Crippen LogP contribution in [0.4, 0.5) is 13.6 Å². The van der Waals surface area contributed by atoms with Crippen LogP contribution in [0.2, 0.25) is 0 Å². The van der Waals surface area contributed by atoms with Gasteiger partial charge in [-0.05, 0) is 52.0 Å². The molecule has 3 aromatic rings. The maximum atomic E-state index is 14.3. The molecule has 0 saturated carbocycles. The van der Waals surface area contributed by atoms with E-state index in [1.165, 1.54) is 0 Å². The van der Waals surface area contributed by atoms with Gasteiger partial charge in [0.15, 0.2) is 0 Å². The molecule has 0 aliphatic rings. The predicted molar refractivity (Wildman–Crippen MR) is 105 cm³/mol. The molecule has 2 aromatic carbocycles. The lowest BCUT2D eigenvalue weighted by Crippen LogP contribution is -2.37. The number of nitrogens with one attached hydrogen (secondary N) is 1. The van der Waals surface area contributed by atoms with E-state index in [0.717, 1.165) is 16.7 Å². The van der Waals surface area contributed by atoms with Crippen LogP contribution in [0.3, 0.4) is 0 Å². The van der Waals surface area contributed by atoms with Gasteiger partial charge in [-0.2, -0.15) is 0 Å².